The van der Waals surface area contributed by atoms with Crippen LogP contribution in [0.1, 0.15) is 29.4 Å². The second-order valence-corrected chi connectivity index (χ2v) is 3.76. The molecule has 0 fully saturated rings. The maximum atomic E-state index is 9.63. The summed E-state index contributed by atoms with van der Waals surface area (Å²) in [6.07, 6.45) is 5.25. The van der Waals surface area contributed by atoms with E-state index in [0.717, 1.165) is 17.5 Å². The minimum atomic E-state index is 0.324. The molecule has 2 bridgehead atoms. The molecule has 0 amide bonds. The number of allylic oxidation sites excluding steroid dienone is 2. The number of hydrogen-bond acceptors (Lipinski definition) is 2. The Bertz CT molecular complexity index is 370. The van der Waals surface area contributed by atoms with Crippen LogP contribution in [-0.4, -0.2) is 10.2 Å². The Morgan fingerprint density at radius 2 is 1.38 bits per heavy atom. The molecule has 0 aromatic heterocycles. The quantitative estimate of drug-likeness (QED) is 0.467. The van der Waals surface area contributed by atoms with Gasteiger partial charge in [0.05, 0.1) is 0 Å². The molecule has 2 N–H and O–H groups in total. The largest absolute Gasteiger partial charge is 0.508 e. The molecule has 2 heteroatoms. The van der Waals surface area contributed by atoms with Crippen molar-refractivity contribution < 1.29 is 10.2 Å². The molecule has 0 spiro atoms. The highest BCUT2D eigenvalue weighted by Gasteiger charge is 2.36. The molecule has 2 aliphatic rings. The SMILES string of the molecule is Oc1ccc(O)c2c1C1C=CC2C1. The van der Waals surface area contributed by atoms with Crippen molar-refractivity contribution in [1.29, 1.82) is 0 Å². The molecule has 1 aromatic carbocycles. The second-order valence-electron chi connectivity index (χ2n) is 3.76. The summed E-state index contributed by atoms with van der Waals surface area (Å²) < 4.78 is 0. The molecule has 0 radical (unpaired) electrons. The Balaban J connectivity index is 2.33. The van der Waals surface area contributed by atoms with Crippen molar-refractivity contribution in [1.82, 2.24) is 0 Å². The molecular weight excluding hydrogens is 164 g/mol. The normalized spacial score (nSPS) is 28.0. The van der Waals surface area contributed by atoms with Gasteiger partial charge in [-0.05, 0) is 18.6 Å². The third-order valence-corrected chi connectivity index (χ3v) is 3.07. The lowest BCUT2D eigenvalue weighted by Crippen LogP contribution is -1.93. The zero-order valence-electron chi connectivity index (χ0n) is 7.07. The Morgan fingerprint density at radius 3 is 1.85 bits per heavy atom. The summed E-state index contributed by atoms with van der Waals surface area (Å²) in [7, 11) is 0. The smallest absolute Gasteiger partial charge is 0.119 e. The summed E-state index contributed by atoms with van der Waals surface area (Å²) in [5.41, 5.74) is 1.88. The Morgan fingerprint density at radius 1 is 0.923 bits per heavy atom. The maximum Gasteiger partial charge on any atom is 0.119 e. The van der Waals surface area contributed by atoms with Crippen molar-refractivity contribution in [2.24, 2.45) is 0 Å². The third kappa shape index (κ3) is 0.730. The van der Waals surface area contributed by atoms with Crippen molar-refractivity contribution in [3.63, 3.8) is 0 Å². The molecule has 2 atom stereocenters. The Kier molecular flexibility index (Phi) is 1.12. The van der Waals surface area contributed by atoms with Gasteiger partial charge in [0.25, 0.3) is 0 Å². The van der Waals surface area contributed by atoms with E-state index in [9.17, 15) is 10.2 Å². The predicted molar refractivity (Wildman–Crippen MR) is 49.0 cm³/mol. The number of benzene rings is 1. The second kappa shape index (κ2) is 2.08. The first-order valence-electron chi connectivity index (χ1n) is 4.50. The number of fused-ring (bicyclic) bond motifs is 5. The zero-order valence-corrected chi connectivity index (χ0v) is 7.07. The van der Waals surface area contributed by atoms with Crippen molar-refractivity contribution in [2.45, 2.75) is 18.3 Å². The molecule has 66 valence electrons. The molecule has 3 rings (SSSR count). The lowest BCUT2D eigenvalue weighted by Gasteiger charge is -2.13. The minimum Gasteiger partial charge on any atom is -0.508 e. The van der Waals surface area contributed by atoms with E-state index in [1.807, 2.05) is 0 Å². The number of phenolic OH excluding ortho intramolecular Hbond substituents is 2. The molecule has 1 aromatic rings. The van der Waals surface area contributed by atoms with Crippen LogP contribution in [0.3, 0.4) is 0 Å². The zero-order chi connectivity index (χ0) is 9.00. The van der Waals surface area contributed by atoms with Gasteiger partial charge in [-0.1, -0.05) is 12.2 Å². The highest BCUT2D eigenvalue weighted by molar-refractivity contribution is 5.59. The lowest BCUT2D eigenvalue weighted by atomic mass is 9.95. The Labute approximate surface area is 76.1 Å². The molecule has 0 saturated heterocycles. The monoisotopic (exact) mass is 174 g/mol. The van der Waals surface area contributed by atoms with Crippen LogP contribution in [0, 0.1) is 0 Å². The van der Waals surface area contributed by atoms with E-state index in [2.05, 4.69) is 12.2 Å². The highest BCUT2D eigenvalue weighted by Crippen LogP contribution is 2.54. The van der Waals surface area contributed by atoms with Gasteiger partial charge < -0.3 is 10.2 Å². The van der Waals surface area contributed by atoms with Gasteiger partial charge >= 0.3 is 0 Å². The highest BCUT2D eigenvalue weighted by atomic mass is 16.3. The van der Waals surface area contributed by atoms with Gasteiger partial charge in [-0.15, -0.1) is 0 Å². The van der Waals surface area contributed by atoms with Crippen LogP contribution in [0.2, 0.25) is 0 Å². The summed E-state index contributed by atoms with van der Waals surface area (Å²) >= 11 is 0. The molecule has 0 saturated carbocycles. The molecular formula is C11H10O2. The number of aromatic hydroxyl groups is 2. The summed E-state index contributed by atoms with van der Waals surface area (Å²) in [5.74, 6) is 1.30. The summed E-state index contributed by atoms with van der Waals surface area (Å²) in [6.45, 7) is 0. The number of rotatable bonds is 0. The minimum absolute atomic E-state index is 0.324. The van der Waals surface area contributed by atoms with Crippen molar-refractivity contribution in [2.75, 3.05) is 0 Å². The van der Waals surface area contributed by atoms with Crippen molar-refractivity contribution in [3.8, 4) is 11.5 Å². The van der Waals surface area contributed by atoms with Crippen LogP contribution in [0.15, 0.2) is 24.3 Å². The van der Waals surface area contributed by atoms with Crippen molar-refractivity contribution >= 4 is 0 Å². The molecule has 13 heavy (non-hydrogen) atoms. The van der Waals surface area contributed by atoms with Crippen LogP contribution in [0.25, 0.3) is 0 Å². The fourth-order valence-electron chi connectivity index (χ4n) is 2.52. The molecule has 2 nitrogen and oxygen atoms in total. The Hall–Kier alpha value is -1.44. The van der Waals surface area contributed by atoms with E-state index < -0.39 is 0 Å². The molecule has 0 aliphatic heterocycles. The summed E-state index contributed by atoms with van der Waals surface area (Å²) in [6, 6.07) is 3.14. The number of hydrogen-bond donors (Lipinski definition) is 2. The first kappa shape index (κ1) is 7.01. The van der Waals surface area contributed by atoms with E-state index in [-0.39, 0.29) is 0 Å². The van der Waals surface area contributed by atoms with E-state index in [1.54, 1.807) is 12.1 Å². The van der Waals surface area contributed by atoms with Crippen LogP contribution in [-0.2, 0) is 0 Å². The average molecular weight is 174 g/mol. The summed E-state index contributed by atoms with van der Waals surface area (Å²) in [5, 5.41) is 19.3. The van der Waals surface area contributed by atoms with Gasteiger partial charge in [-0.25, -0.2) is 0 Å². The van der Waals surface area contributed by atoms with E-state index >= 15 is 0 Å². The van der Waals surface area contributed by atoms with Gasteiger partial charge in [-0.3, -0.25) is 0 Å². The predicted octanol–water partition coefficient (Wildman–Crippen LogP) is 2.24. The third-order valence-electron chi connectivity index (χ3n) is 3.07. The van der Waals surface area contributed by atoms with E-state index in [4.69, 9.17) is 0 Å². The van der Waals surface area contributed by atoms with Gasteiger partial charge in [0.2, 0.25) is 0 Å². The topological polar surface area (TPSA) is 40.5 Å². The van der Waals surface area contributed by atoms with Crippen molar-refractivity contribution in [3.05, 3.63) is 35.4 Å². The lowest BCUT2D eigenvalue weighted by molar-refractivity contribution is 0.451. The van der Waals surface area contributed by atoms with Gasteiger partial charge in [0.15, 0.2) is 0 Å². The standard InChI is InChI=1S/C11H10O2/c12-8-3-4-9(13)11-7-2-1-6(5-7)10(8)11/h1-4,6-7,12-13H,5H2. The van der Waals surface area contributed by atoms with E-state index in [1.165, 1.54) is 0 Å². The fourth-order valence-corrected chi connectivity index (χ4v) is 2.52. The first-order valence-corrected chi connectivity index (χ1v) is 4.50. The fraction of sp³-hybridized carbons (Fsp3) is 0.273. The van der Waals surface area contributed by atoms with Crippen LogP contribution >= 0.6 is 0 Å². The van der Waals surface area contributed by atoms with Crippen LogP contribution in [0.4, 0.5) is 0 Å². The molecule has 2 aliphatic carbocycles. The number of phenols is 2. The molecule has 2 unspecified atom stereocenters. The average Bonchev–Trinajstić information content (AvgIpc) is 2.70. The summed E-state index contributed by atoms with van der Waals surface area (Å²) in [4.78, 5) is 0. The van der Waals surface area contributed by atoms with E-state index in [0.29, 0.717) is 23.3 Å². The van der Waals surface area contributed by atoms with Gasteiger partial charge in [0.1, 0.15) is 11.5 Å². The maximum absolute atomic E-state index is 9.63. The van der Waals surface area contributed by atoms with Crippen LogP contribution in [0.5, 0.6) is 11.5 Å². The first-order chi connectivity index (χ1) is 6.27. The van der Waals surface area contributed by atoms with Gasteiger partial charge in [-0.2, -0.15) is 0 Å². The molecule has 0 heterocycles. The van der Waals surface area contributed by atoms with Gasteiger partial charge in [0, 0.05) is 23.0 Å². The van der Waals surface area contributed by atoms with Crippen LogP contribution < -0.4 is 0 Å².